The highest BCUT2D eigenvalue weighted by atomic mass is 32.2. The van der Waals surface area contributed by atoms with Gasteiger partial charge in [-0.15, -0.1) is 0 Å². The van der Waals surface area contributed by atoms with Gasteiger partial charge in [0.25, 0.3) is 10.0 Å². The van der Waals surface area contributed by atoms with Gasteiger partial charge in [-0.3, -0.25) is 10.3 Å². The number of carbonyl (C=O) groups is 1. The molecule has 0 unspecified atom stereocenters. The number of nitrogens with zero attached hydrogens (tertiary/aromatic N) is 3. The molecule has 1 aliphatic carbocycles. The standard InChI is InChI=1S/C16H22N6O4S/c1-10-11-5-2-3-6-12(11)20-15(19-10)21-16(23)22-27(24,25)13(9-17)14-18-7-4-8-26-14/h9H,2-8,17H2,1H3,(H2,19,20,21,22,23). The fourth-order valence-corrected chi connectivity index (χ4v) is 3.96. The number of nitrogens with two attached hydrogens (primary N) is 1. The quantitative estimate of drug-likeness (QED) is 0.681. The minimum absolute atomic E-state index is 0.0605. The van der Waals surface area contributed by atoms with Crippen LogP contribution in [0.25, 0.3) is 0 Å². The normalized spacial score (nSPS) is 17.4. The molecule has 0 atom stereocenters. The second-order valence-corrected chi connectivity index (χ2v) is 7.90. The maximum Gasteiger partial charge on any atom is 0.335 e. The average molecular weight is 394 g/mol. The van der Waals surface area contributed by atoms with Gasteiger partial charge >= 0.3 is 6.03 Å². The fourth-order valence-electron chi connectivity index (χ4n) is 3.03. The molecule has 146 valence electrons. The summed E-state index contributed by atoms with van der Waals surface area (Å²) in [6.45, 7) is 2.61. The number of hydrogen-bond acceptors (Lipinski definition) is 8. The molecule has 0 radical (unpaired) electrons. The van der Waals surface area contributed by atoms with Crippen LogP contribution in [0.4, 0.5) is 10.7 Å². The number of anilines is 1. The van der Waals surface area contributed by atoms with Crippen LogP contribution in [0.15, 0.2) is 16.1 Å². The molecule has 1 aromatic rings. The van der Waals surface area contributed by atoms with Gasteiger partial charge in [0.15, 0.2) is 4.91 Å². The molecule has 0 saturated carbocycles. The van der Waals surface area contributed by atoms with Gasteiger partial charge in [-0.25, -0.2) is 27.9 Å². The molecule has 1 aliphatic heterocycles. The number of aromatic nitrogens is 2. The summed E-state index contributed by atoms with van der Waals surface area (Å²) in [5.41, 5.74) is 8.18. The second-order valence-electron chi connectivity index (χ2n) is 6.24. The predicted octanol–water partition coefficient (Wildman–Crippen LogP) is 0.734. The van der Waals surface area contributed by atoms with Crippen molar-refractivity contribution in [2.75, 3.05) is 18.5 Å². The molecule has 3 rings (SSSR count). The molecule has 0 fully saturated rings. The highest BCUT2D eigenvalue weighted by Gasteiger charge is 2.28. The van der Waals surface area contributed by atoms with Crippen molar-refractivity contribution in [1.82, 2.24) is 14.7 Å². The molecule has 0 bridgehead atoms. The largest absolute Gasteiger partial charge is 0.477 e. The Balaban J connectivity index is 1.73. The average Bonchev–Trinajstić information content (AvgIpc) is 2.62. The zero-order valence-electron chi connectivity index (χ0n) is 15.0. The van der Waals surface area contributed by atoms with Crippen LogP contribution in [-0.4, -0.2) is 43.5 Å². The minimum Gasteiger partial charge on any atom is -0.477 e. The highest BCUT2D eigenvalue weighted by Crippen LogP contribution is 2.22. The summed E-state index contributed by atoms with van der Waals surface area (Å²) in [5, 5.41) is 2.37. The van der Waals surface area contributed by atoms with E-state index < -0.39 is 16.1 Å². The molecule has 10 nitrogen and oxygen atoms in total. The maximum atomic E-state index is 12.4. The van der Waals surface area contributed by atoms with Gasteiger partial charge in [-0.1, -0.05) is 0 Å². The van der Waals surface area contributed by atoms with E-state index in [-0.39, 0.29) is 16.8 Å². The number of amides is 2. The third kappa shape index (κ3) is 4.35. The zero-order chi connectivity index (χ0) is 19.4. The third-order valence-electron chi connectivity index (χ3n) is 4.29. The van der Waals surface area contributed by atoms with Crippen molar-refractivity contribution in [1.29, 1.82) is 0 Å². The summed E-state index contributed by atoms with van der Waals surface area (Å²) in [4.78, 5) is 24.4. The van der Waals surface area contributed by atoms with Gasteiger partial charge < -0.3 is 10.5 Å². The summed E-state index contributed by atoms with van der Waals surface area (Å²) >= 11 is 0. The lowest BCUT2D eigenvalue weighted by molar-refractivity contribution is 0.256. The maximum absolute atomic E-state index is 12.4. The van der Waals surface area contributed by atoms with Crippen LogP contribution in [0.3, 0.4) is 0 Å². The molecule has 1 aromatic heterocycles. The Bertz CT molecular complexity index is 910. The summed E-state index contributed by atoms with van der Waals surface area (Å²) in [7, 11) is -4.26. The molecule has 0 aromatic carbocycles. The molecule has 0 saturated heterocycles. The molecular weight excluding hydrogens is 372 g/mol. The lowest BCUT2D eigenvalue weighted by Gasteiger charge is -2.18. The van der Waals surface area contributed by atoms with Crippen LogP contribution in [-0.2, 0) is 27.6 Å². The lowest BCUT2D eigenvalue weighted by Crippen LogP contribution is -2.38. The summed E-state index contributed by atoms with van der Waals surface area (Å²) in [6, 6.07) is -0.985. The van der Waals surface area contributed by atoms with Crippen LogP contribution in [0.5, 0.6) is 0 Å². The number of nitrogens with one attached hydrogen (secondary N) is 2. The van der Waals surface area contributed by atoms with Gasteiger partial charge in [0.05, 0.1) is 6.61 Å². The van der Waals surface area contributed by atoms with Gasteiger partial charge in [0, 0.05) is 30.6 Å². The number of aliphatic imine (C=N–C) groups is 1. The Labute approximate surface area is 157 Å². The van der Waals surface area contributed by atoms with E-state index in [0.29, 0.717) is 19.6 Å². The fraction of sp³-hybridized carbons (Fsp3) is 0.500. The molecule has 27 heavy (non-hydrogen) atoms. The first-order chi connectivity index (χ1) is 12.9. The first-order valence-electron chi connectivity index (χ1n) is 8.70. The number of rotatable bonds is 4. The summed E-state index contributed by atoms with van der Waals surface area (Å²) in [6.07, 6.45) is 5.36. The number of carbonyl (C=O) groups excluding carboxylic acids is 1. The second kappa shape index (κ2) is 7.91. The number of urea groups is 1. The van der Waals surface area contributed by atoms with Crippen molar-refractivity contribution in [2.24, 2.45) is 10.7 Å². The predicted molar refractivity (Wildman–Crippen MR) is 99.6 cm³/mol. The number of aryl methyl sites for hydroxylation is 2. The monoisotopic (exact) mass is 394 g/mol. The van der Waals surface area contributed by atoms with E-state index in [1.54, 1.807) is 0 Å². The topological polar surface area (TPSA) is 149 Å². The molecular formula is C16H22N6O4S. The molecule has 0 spiro atoms. The lowest BCUT2D eigenvalue weighted by atomic mass is 9.95. The molecule has 2 heterocycles. The van der Waals surface area contributed by atoms with E-state index in [4.69, 9.17) is 10.5 Å². The van der Waals surface area contributed by atoms with Crippen molar-refractivity contribution in [2.45, 2.75) is 39.0 Å². The molecule has 11 heteroatoms. The van der Waals surface area contributed by atoms with E-state index in [0.717, 1.165) is 48.8 Å². The van der Waals surface area contributed by atoms with Crippen LogP contribution in [0.1, 0.15) is 36.2 Å². The van der Waals surface area contributed by atoms with Gasteiger partial charge in [0.1, 0.15) is 0 Å². The van der Waals surface area contributed by atoms with E-state index in [1.165, 1.54) is 0 Å². The van der Waals surface area contributed by atoms with Crippen LogP contribution in [0.2, 0.25) is 0 Å². The third-order valence-corrected chi connectivity index (χ3v) is 5.63. The molecule has 4 N–H and O–H groups in total. The number of sulfonamides is 1. The number of ether oxygens (including phenoxy) is 1. The Morgan fingerprint density at radius 1 is 1.22 bits per heavy atom. The van der Waals surface area contributed by atoms with Crippen molar-refractivity contribution in [3.05, 3.63) is 28.1 Å². The van der Waals surface area contributed by atoms with E-state index in [2.05, 4.69) is 20.3 Å². The van der Waals surface area contributed by atoms with Gasteiger partial charge in [-0.2, -0.15) is 0 Å². The first-order valence-corrected chi connectivity index (χ1v) is 10.2. The van der Waals surface area contributed by atoms with Gasteiger partial charge in [0.2, 0.25) is 11.8 Å². The Morgan fingerprint density at radius 3 is 2.70 bits per heavy atom. The van der Waals surface area contributed by atoms with E-state index in [1.807, 2.05) is 11.6 Å². The SMILES string of the molecule is Cc1nc(NC(=O)NS(=O)(=O)C(=CN)C2=NCCCO2)nc2c1CCCC2. The van der Waals surface area contributed by atoms with Gasteiger partial charge in [-0.05, 0) is 38.2 Å². The van der Waals surface area contributed by atoms with Crippen LogP contribution in [0, 0.1) is 6.92 Å². The Kier molecular flexibility index (Phi) is 5.59. The number of fused-ring (bicyclic) bond motifs is 1. The van der Waals surface area contributed by atoms with Crippen molar-refractivity contribution < 1.29 is 17.9 Å². The van der Waals surface area contributed by atoms with Crippen LogP contribution >= 0.6 is 0 Å². The first kappa shape index (κ1) is 19.1. The van der Waals surface area contributed by atoms with E-state index >= 15 is 0 Å². The zero-order valence-corrected chi connectivity index (χ0v) is 15.8. The van der Waals surface area contributed by atoms with Crippen LogP contribution < -0.4 is 15.8 Å². The van der Waals surface area contributed by atoms with Crippen molar-refractivity contribution in [3.63, 3.8) is 0 Å². The van der Waals surface area contributed by atoms with Crippen molar-refractivity contribution >= 4 is 27.9 Å². The highest BCUT2D eigenvalue weighted by molar-refractivity contribution is 7.94. The molecule has 2 aliphatic rings. The minimum atomic E-state index is -4.26. The summed E-state index contributed by atoms with van der Waals surface area (Å²) < 4.78 is 32.0. The summed E-state index contributed by atoms with van der Waals surface area (Å²) in [5.74, 6) is -0.0460. The Hall–Kier alpha value is -2.69. The smallest absolute Gasteiger partial charge is 0.335 e. The van der Waals surface area contributed by atoms with E-state index in [9.17, 15) is 13.2 Å². The number of hydrogen-bond donors (Lipinski definition) is 3. The Morgan fingerprint density at radius 2 is 2.00 bits per heavy atom. The van der Waals surface area contributed by atoms with Crippen molar-refractivity contribution in [3.8, 4) is 0 Å². The molecule has 2 amide bonds.